The van der Waals surface area contributed by atoms with E-state index in [0.29, 0.717) is 25.4 Å². The van der Waals surface area contributed by atoms with Gasteiger partial charge >= 0.3 is 11.9 Å². The minimum absolute atomic E-state index is 0.0737. The summed E-state index contributed by atoms with van der Waals surface area (Å²) in [6, 6.07) is 0. The number of ether oxygens (including phenoxy) is 3. The average Bonchev–Trinajstić information content (AvgIpc) is 3.60. The number of hydrogen-bond acceptors (Lipinski definition) is 14. The minimum atomic E-state index is -1.40. The fourth-order valence-corrected chi connectivity index (χ4v) is 7.62. The van der Waals surface area contributed by atoms with Crippen molar-refractivity contribution in [1.82, 2.24) is 15.2 Å². The number of amides is 2. The van der Waals surface area contributed by atoms with Gasteiger partial charge in [0.05, 0.1) is 12.0 Å². The maximum Gasteiger partial charge on any atom is 0.357 e. The quantitative estimate of drug-likeness (QED) is 0.136. The third-order valence-corrected chi connectivity index (χ3v) is 9.78. The molecular weight excluding hydrogens is 582 g/mol. The van der Waals surface area contributed by atoms with E-state index in [1.807, 2.05) is 0 Å². The predicted octanol–water partition coefficient (Wildman–Crippen LogP) is 1.55. The van der Waals surface area contributed by atoms with Gasteiger partial charge in [0, 0.05) is 23.7 Å². The molecule has 218 valence electrons. The zero-order chi connectivity index (χ0) is 29.2. The van der Waals surface area contributed by atoms with Crippen molar-refractivity contribution in [2.45, 2.75) is 37.4 Å². The van der Waals surface area contributed by atoms with Crippen LogP contribution < -0.4 is 11.1 Å². The first kappa shape index (κ1) is 30.1. The van der Waals surface area contributed by atoms with E-state index >= 15 is 0 Å². The van der Waals surface area contributed by atoms with Crippen LogP contribution in [0.3, 0.4) is 0 Å². The van der Waals surface area contributed by atoms with Crippen LogP contribution in [0.2, 0.25) is 0 Å². The van der Waals surface area contributed by atoms with Crippen LogP contribution in [0.1, 0.15) is 32.9 Å². The van der Waals surface area contributed by atoms with Crippen molar-refractivity contribution >= 4 is 69.5 Å². The molecule has 4 rings (SSSR count). The van der Waals surface area contributed by atoms with Gasteiger partial charge in [0.1, 0.15) is 23.9 Å². The Morgan fingerprint density at radius 3 is 2.67 bits per heavy atom. The maximum atomic E-state index is 13.8. The van der Waals surface area contributed by atoms with Gasteiger partial charge in [-0.1, -0.05) is 5.16 Å². The van der Waals surface area contributed by atoms with Gasteiger partial charge in [-0.25, -0.2) is 9.78 Å². The van der Waals surface area contributed by atoms with Crippen molar-refractivity contribution in [2.24, 2.45) is 16.5 Å². The van der Waals surface area contributed by atoms with Crippen molar-refractivity contribution < 1.29 is 38.2 Å². The first-order valence-corrected chi connectivity index (χ1v) is 15.4. The Labute approximate surface area is 243 Å². The molecule has 0 saturated carbocycles. The molecule has 0 aromatic carbocycles. The lowest BCUT2D eigenvalue weighted by molar-refractivity contribution is -0.173. The van der Waals surface area contributed by atoms with Crippen LogP contribution in [0.5, 0.6) is 0 Å². The molecule has 13 nitrogen and oxygen atoms in total. The summed E-state index contributed by atoms with van der Waals surface area (Å²) in [6.45, 7) is 5.41. The number of rotatable bonds is 9. The number of anilines is 1. The summed E-state index contributed by atoms with van der Waals surface area (Å²) in [7, 11) is 1.29. The molecule has 3 N–H and O–H groups in total. The summed E-state index contributed by atoms with van der Waals surface area (Å²) in [5.74, 6) is -2.18. The van der Waals surface area contributed by atoms with Gasteiger partial charge in [-0.05, 0) is 39.0 Å². The normalized spacial score (nSPS) is 24.8. The standard InChI is InChI=1S/C24H31N5O8S3/c1-23(2,3)21(33)37-11-36-18(31)16-13(12-6-7-35-8-12)9-39-20-24(38-5,19(32)29(16)20)27-17(30)15(28-34-4)14-10-40-22(25)26-14/h10,12,20H,6-9,11H2,1-5H3,(H2,25,26)(H,27,30)/t12?,20-,24?/m0/s1. The summed E-state index contributed by atoms with van der Waals surface area (Å²) in [5.41, 5.74) is 5.82. The first-order chi connectivity index (χ1) is 18.9. The summed E-state index contributed by atoms with van der Waals surface area (Å²) in [6.07, 6.45) is 2.38. The fourth-order valence-electron chi connectivity index (χ4n) is 4.35. The molecule has 4 heterocycles. The molecule has 3 atom stereocenters. The van der Waals surface area contributed by atoms with Crippen LogP contribution in [0.15, 0.2) is 21.8 Å². The third-order valence-electron chi connectivity index (χ3n) is 6.45. The number of oxime groups is 1. The summed E-state index contributed by atoms with van der Waals surface area (Å²) in [4.78, 5) is 61.5. The van der Waals surface area contributed by atoms with Gasteiger partial charge in [0.25, 0.3) is 11.8 Å². The molecule has 3 aliphatic rings. The van der Waals surface area contributed by atoms with Gasteiger partial charge in [0.15, 0.2) is 15.7 Å². The molecule has 0 bridgehead atoms. The number of carbonyl (C=O) groups excluding carboxylic acids is 4. The third kappa shape index (κ3) is 5.66. The molecular formula is C24H31N5O8S3. The average molecular weight is 614 g/mol. The number of carbonyl (C=O) groups is 4. The molecule has 0 aliphatic carbocycles. The summed E-state index contributed by atoms with van der Waals surface area (Å²) >= 11 is 3.69. The molecule has 0 spiro atoms. The minimum Gasteiger partial charge on any atom is -0.427 e. The number of thiazole rings is 1. The number of esters is 2. The van der Waals surface area contributed by atoms with Crippen molar-refractivity contribution in [3.8, 4) is 0 Å². The zero-order valence-corrected chi connectivity index (χ0v) is 25.1. The second-order valence-corrected chi connectivity index (χ2v) is 13.1. The largest absolute Gasteiger partial charge is 0.427 e. The Bertz CT molecular complexity index is 1250. The molecule has 1 aromatic rings. The number of nitrogen functional groups attached to an aromatic ring is 1. The highest BCUT2D eigenvalue weighted by atomic mass is 32.2. The SMILES string of the molecule is CON=C(C(=O)NC1(SC)C(=O)N2C(C(=O)OCOC(=O)C(C)(C)C)=C(C3CCOC3)CS[C@H]21)c1csc(N)n1. The summed E-state index contributed by atoms with van der Waals surface area (Å²) < 4.78 is 16.0. The molecule has 2 amide bonds. The van der Waals surface area contributed by atoms with Crippen LogP contribution in [0.4, 0.5) is 5.13 Å². The number of thioether (sulfide) groups is 2. The number of nitrogens with zero attached hydrogens (tertiary/aromatic N) is 3. The lowest BCUT2D eigenvalue weighted by Crippen LogP contribution is -2.78. The fraction of sp³-hybridized carbons (Fsp3) is 0.583. The molecule has 2 saturated heterocycles. The Morgan fingerprint density at radius 2 is 2.10 bits per heavy atom. The smallest absolute Gasteiger partial charge is 0.357 e. The van der Waals surface area contributed by atoms with Gasteiger partial charge in [-0.2, -0.15) is 0 Å². The van der Waals surface area contributed by atoms with E-state index in [1.165, 1.54) is 23.8 Å². The number of aromatic nitrogens is 1. The van der Waals surface area contributed by atoms with Crippen molar-refractivity contribution in [3.05, 3.63) is 22.3 Å². The van der Waals surface area contributed by atoms with Crippen LogP contribution in [0, 0.1) is 11.3 Å². The van der Waals surface area contributed by atoms with Crippen LogP contribution >= 0.6 is 34.9 Å². The monoisotopic (exact) mass is 613 g/mol. The van der Waals surface area contributed by atoms with Gasteiger partial charge in [-0.3, -0.25) is 19.3 Å². The Balaban J connectivity index is 1.59. The predicted molar refractivity (Wildman–Crippen MR) is 150 cm³/mol. The number of nitrogens with one attached hydrogen (secondary N) is 1. The highest BCUT2D eigenvalue weighted by Crippen LogP contribution is 2.52. The molecule has 40 heavy (non-hydrogen) atoms. The van der Waals surface area contributed by atoms with E-state index in [2.05, 4.69) is 15.5 Å². The van der Waals surface area contributed by atoms with Gasteiger partial charge < -0.3 is 30.1 Å². The van der Waals surface area contributed by atoms with Crippen molar-refractivity contribution in [2.75, 3.05) is 44.9 Å². The van der Waals surface area contributed by atoms with Crippen molar-refractivity contribution in [1.29, 1.82) is 0 Å². The molecule has 3 aliphatic heterocycles. The van der Waals surface area contributed by atoms with E-state index in [-0.39, 0.29) is 28.2 Å². The van der Waals surface area contributed by atoms with Gasteiger partial charge in [-0.15, -0.1) is 34.9 Å². The number of β-lactam (4-membered cyclic amide) rings is 1. The van der Waals surface area contributed by atoms with E-state index in [1.54, 1.807) is 32.4 Å². The van der Waals surface area contributed by atoms with E-state index in [9.17, 15) is 19.2 Å². The highest BCUT2D eigenvalue weighted by molar-refractivity contribution is 8.05. The lowest BCUT2D eigenvalue weighted by atomic mass is 9.93. The van der Waals surface area contributed by atoms with Crippen LogP contribution in [-0.4, -0.2) is 88.7 Å². The van der Waals surface area contributed by atoms with Gasteiger partial charge in [0.2, 0.25) is 6.79 Å². The Kier molecular flexibility index (Phi) is 9.02. The van der Waals surface area contributed by atoms with E-state index in [4.69, 9.17) is 24.8 Å². The van der Waals surface area contributed by atoms with Crippen LogP contribution in [0.25, 0.3) is 0 Å². The van der Waals surface area contributed by atoms with Crippen LogP contribution in [-0.2, 0) is 38.2 Å². The summed E-state index contributed by atoms with van der Waals surface area (Å²) in [5, 5.41) is 7.76. The Morgan fingerprint density at radius 1 is 1.35 bits per heavy atom. The molecule has 2 unspecified atom stereocenters. The molecule has 16 heteroatoms. The second kappa shape index (κ2) is 12.0. The number of hydrogen-bond donors (Lipinski definition) is 2. The topological polar surface area (TPSA) is 172 Å². The number of nitrogens with two attached hydrogens (primary N) is 1. The molecule has 2 fully saturated rings. The highest BCUT2D eigenvalue weighted by Gasteiger charge is 2.66. The molecule has 1 aromatic heterocycles. The zero-order valence-electron chi connectivity index (χ0n) is 22.7. The molecule has 0 radical (unpaired) electrons. The number of fused-ring (bicyclic) bond motifs is 1. The Hall–Kier alpha value is -2.82. The maximum absolute atomic E-state index is 13.8. The second-order valence-electron chi connectivity index (χ2n) is 10.1. The first-order valence-electron chi connectivity index (χ1n) is 12.2. The van der Waals surface area contributed by atoms with E-state index in [0.717, 1.165) is 28.7 Å². The van der Waals surface area contributed by atoms with Crippen molar-refractivity contribution in [3.63, 3.8) is 0 Å². The van der Waals surface area contributed by atoms with E-state index < -0.39 is 46.2 Å². The lowest BCUT2D eigenvalue weighted by Gasteiger charge is -2.56.